The summed E-state index contributed by atoms with van der Waals surface area (Å²) >= 11 is 0. The normalized spacial score (nSPS) is 17.3. The molecular formula is C26H45NO3. The molecule has 1 heterocycles. The van der Waals surface area contributed by atoms with Gasteiger partial charge >= 0.3 is 5.97 Å². The molecule has 1 amide bonds. The number of amides is 1. The molecule has 1 aliphatic rings. The van der Waals surface area contributed by atoms with Crippen LogP contribution in [0.2, 0.25) is 0 Å². The molecule has 0 aromatic rings. The van der Waals surface area contributed by atoms with E-state index in [4.69, 9.17) is 5.11 Å². The Bertz CT molecular complexity index is 503. The van der Waals surface area contributed by atoms with E-state index in [0.29, 0.717) is 0 Å². The zero-order valence-corrected chi connectivity index (χ0v) is 19.2. The summed E-state index contributed by atoms with van der Waals surface area (Å²) in [7, 11) is 0. The number of nitrogens with zero attached hydrogens (tertiary/aromatic N) is 1. The SMILES string of the molecule is C=CC(CCCCCCCCCCCCCCCCC1CCN(C=C)C1=O)C(=O)O. The fourth-order valence-electron chi connectivity index (χ4n) is 4.43. The zero-order valence-electron chi connectivity index (χ0n) is 19.2. The van der Waals surface area contributed by atoms with Gasteiger partial charge in [-0.25, -0.2) is 0 Å². The summed E-state index contributed by atoms with van der Waals surface area (Å²) in [6.07, 6.45) is 23.8. The summed E-state index contributed by atoms with van der Waals surface area (Å²) in [4.78, 5) is 24.7. The highest BCUT2D eigenvalue weighted by molar-refractivity contribution is 5.81. The van der Waals surface area contributed by atoms with Crippen LogP contribution >= 0.6 is 0 Å². The van der Waals surface area contributed by atoms with Gasteiger partial charge in [0.05, 0.1) is 5.92 Å². The minimum atomic E-state index is -0.745. The number of hydrogen-bond donors (Lipinski definition) is 1. The van der Waals surface area contributed by atoms with Gasteiger partial charge in [-0.05, 0) is 25.5 Å². The lowest BCUT2D eigenvalue weighted by atomic mass is 9.98. The van der Waals surface area contributed by atoms with Gasteiger partial charge in [0.25, 0.3) is 0 Å². The number of rotatable bonds is 20. The van der Waals surface area contributed by atoms with Gasteiger partial charge in [-0.2, -0.15) is 0 Å². The Morgan fingerprint density at radius 1 is 0.900 bits per heavy atom. The van der Waals surface area contributed by atoms with Crippen LogP contribution in [0.25, 0.3) is 0 Å². The molecule has 0 aromatic carbocycles. The lowest BCUT2D eigenvalue weighted by Crippen LogP contribution is -2.21. The number of carboxylic acid groups (broad SMARTS) is 1. The fourth-order valence-corrected chi connectivity index (χ4v) is 4.43. The second-order valence-electron chi connectivity index (χ2n) is 8.91. The maximum absolute atomic E-state index is 12.0. The predicted molar refractivity (Wildman–Crippen MR) is 125 cm³/mol. The molecule has 0 aromatic heterocycles. The number of carboxylic acids is 1. The average molecular weight is 420 g/mol. The van der Waals surface area contributed by atoms with Crippen LogP contribution in [-0.2, 0) is 9.59 Å². The Morgan fingerprint density at radius 3 is 1.77 bits per heavy atom. The summed E-state index contributed by atoms with van der Waals surface area (Å²) in [5.74, 6) is -0.586. The van der Waals surface area contributed by atoms with Gasteiger partial charge in [0.15, 0.2) is 0 Å². The minimum absolute atomic E-state index is 0.247. The van der Waals surface area contributed by atoms with Crippen LogP contribution in [0.15, 0.2) is 25.4 Å². The molecule has 1 N–H and O–H groups in total. The predicted octanol–water partition coefficient (Wildman–Crippen LogP) is 7.11. The number of carbonyl (C=O) groups is 2. The van der Waals surface area contributed by atoms with E-state index in [-0.39, 0.29) is 17.7 Å². The minimum Gasteiger partial charge on any atom is -0.481 e. The summed E-state index contributed by atoms with van der Waals surface area (Å²) < 4.78 is 0. The highest BCUT2D eigenvalue weighted by atomic mass is 16.4. The van der Waals surface area contributed by atoms with Crippen molar-refractivity contribution in [1.82, 2.24) is 4.90 Å². The first kappa shape index (κ1) is 26.5. The van der Waals surface area contributed by atoms with E-state index >= 15 is 0 Å². The van der Waals surface area contributed by atoms with E-state index in [1.54, 1.807) is 17.2 Å². The maximum Gasteiger partial charge on any atom is 0.310 e. The second kappa shape index (κ2) is 17.1. The number of aliphatic carboxylic acids is 1. The molecule has 4 heteroatoms. The molecule has 30 heavy (non-hydrogen) atoms. The van der Waals surface area contributed by atoms with E-state index in [0.717, 1.165) is 38.6 Å². The summed E-state index contributed by atoms with van der Waals surface area (Å²) in [5.41, 5.74) is 0. The van der Waals surface area contributed by atoms with Gasteiger partial charge in [-0.1, -0.05) is 103 Å². The van der Waals surface area contributed by atoms with Crippen molar-refractivity contribution >= 4 is 11.9 Å². The standard InChI is InChI=1S/C26H45NO3/c1-3-23(26(29)30)19-17-15-13-11-9-7-5-6-8-10-12-14-16-18-20-24-21-22-27(4-2)25(24)28/h3-4,23-24H,1-2,5-22H2,(H,29,30). The topological polar surface area (TPSA) is 57.6 Å². The maximum atomic E-state index is 12.0. The highest BCUT2D eigenvalue weighted by Gasteiger charge is 2.29. The summed E-state index contributed by atoms with van der Waals surface area (Å²) in [5, 5.41) is 8.97. The van der Waals surface area contributed by atoms with Crippen LogP contribution in [0.4, 0.5) is 0 Å². The van der Waals surface area contributed by atoms with Crippen LogP contribution in [0.3, 0.4) is 0 Å². The second-order valence-corrected chi connectivity index (χ2v) is 8.91. The first-order valence-electron chi connectivity index (χ1n) is 12.4. The van der Waals surface area contributed by atoms with Crippen LogP contribution in [-0.4, -0.2) is 28.4 Å². The Kier molecular flexibility index (Phi) is 15.1. The molecule has 2 atom stereocenters. The fraction of sp³-hybridized carbons (Fsp3) is 0.769. The zero-order chi connectivity index (χ0) is 22.0. The lowest BCUT2D eigenvalue weighted by molar-refractivity contribution is -0.140. The van der Waals surface area contributed by atoms with Gasteiger partial charge in [-0.3, -0.25) is 9.59 Å². The van der Waals surface area contributed by atoms with Crippen molar-refractivity contribution in [2.24, 2.45) is 11.8 Å². The van der Waals surface area contributed by atoms with E-state index in [9.17, 15) is 9.59 Å². The van der Waals surface area contributed by atoms with Crippen molar-refractivity contribution in [1.29, 1.82) is 0 Å². The van der Waals surface area contributed by atoms with Crippen LogP contribution in [0.5, 0.6) is 0 Å². The molecule has 0 radical (unpaired) electrons. The largest absolute Gasteiger partial charge is 0.481 e. The number of likely N-dealkylation sites (tertiary alicyclic amines) is 1. The van der Waals surface area contributed by atoms with Gasteiger partial charge in [0.2, 0.25) is 5.91 Å². The van der Waals surface area contributed by atoms with Crippen molar-refractivity contribution < 1.29 is 14.7 Å². The Labute approximate surface area is 184 Å². The molecule has 1 rings (SSSR count). The van der Waals surface area contributed by atoms with Crippen LogP contribution in [0, 0.1) is 11.8 Å². The molecule has 172 valence electrons. The Morgan fingerprint density at radius 2 is 1.37 bits per heavy atom. The van der Waals surface area contributed by atoms with Crippen molar-refractivity contribution in [3.8, 4) is 0 Å². The van der Waals surface area contributed by atoms with E-state index in [1.807, 2.05) is 0 Å². The van der Waals surface area contributed by atoms with Gasteiger partial charge in [-0.15, -0.1) is 6.58 Å². The molecular weight excluding hydrogens is 374 g/mol. The molecule has 0 saturated carbocycles. The van der Waals surface area contributed by atoms with Crippen molar-refractivity contribution in [2.75, 3.05) is 6.54 Å². The van der Waals surface area contributed by atoms with E-state index < -0.39 is 5.97 Å². The third-order valence-corrected chi connectivity index (χ3v) is 6.49. The van der Waals surface area contributed by atoms with Gasteiger partial charge < -0.3 is 10.0 Å². The third kappa shape index (κ3) is 11.6. The molecule has 4 nitrogen and oxygen atoms in total. The first-order valence-corrected chi connectivity index (χ1v) is 12.4. The van der Waals surface area contributed by atoms with Crippen LogP contribution < -0.4 is 0 Å². The van der Waals surface area contributed by atoms with Crippen LogP contribution in [0.1, 0.15) is 109 Å². The van der Waals surface area contributed by atoms with Crippen molar-refractivity contribution in [3.05, 3.63) is 25.4 Å². The number of unbranched alkanes of at least 4 members (excludes halogenated alkanes) is 13. The molecule has 2 unspecified atom stereocenters. The number of carbonyl (C=O) groups excluding carboxylic acids is 1. The first-order chi connectivity index (χ1) is 14.6. The van der Waals surface area contributed by atoms with Gasteiger partial charge in [0, 0.05) is 12.5 Å². The molecule has 1 aliphatic heterocycles. The average Bonchev–Trinajstić information content (AvgIpc) is 3.09. The van der Waals surface area contributed by atoms with E-state index in [2.05, 4.69) is 13.2 Å². The molecule has 0 spiro atoms. The smallest absolute Gasteiger partial charge is 0.310 e. The third-order valence-electron chi connectivity index (χ3n) is 6.49. The molecule has 1 saturated heterocycles. The van der Waals surface area contributed by atoms with Crippen molar-refractivity contribution in [2.45, 2.75) is 109 Å². The Balaban J connectivity index is 1.78. The number of hydrogen-bond acceptors (Lipinski definition) is 2. The van der Waals surface area contributed by atoms with Crippen molar-refractivity contribution in [3.63, 3.8) is 0 Å². The molecule has 1 fully saturated rings. The lowest BCUT2D eigenvalue weighted by Gasteiger charge is -2.10. The summed E-state index contributed by atoms with van der Waals surface area (Å²) in [6, 6.07) is 0. The van der Waals surface area contributed by atoms with E-state index in [1.165, 1.54) is 77.0 Å². The summed E-state index contributed by atoms with van der Waals surface area (Å²) in [6.45, 7) is 8.16. The molecule has 0 bridgehead atoms. The molecule has 0 aliphatic carbocycles. The Hall–Kier alpha value is -1.58. The monoisotopic (exact) mass is 419 g/mol. The quantitative estimate of drug-likeness (QED) is 0.169. The van der Waals surface area contributed by atoms with Gasteiger partial charge in [0.1, 0.15) is 0 Å². The highest BCUT2D eigenvalue weighted by Crippen LogP contribution is 2.24.